The van der Waals surface area contributed by atoms with Gasteiger partial charge in [-0.05, 0) is 5.56 Å². The van der Waals surface area contributed by atoms with Crippen molar-refractivity contribution in [2.45, 2.75) is 18.9 Å². The third-order valence-corrected chi connectivity index (χ3v) is 5.56. The van der Waals surface area contributed by atoms with Crippen molar-refractivity contribution in [2.75, 3.05) is 32.8 Å². The van der Waals surface area contributed by atoms with E-state index in [2.05, 4.69) is 37.3 Å². The van der Waals surface area contributed by atoms with E-state index < -0.39 is 11.2 Å². The van der Waals surface area contributed by atoms with Gasteiger partial charge in [-0.3, -0.25) is 24.0 Å². The lowest BCUT2D eigenvalue weighted by atomic mass is 10.0. The predicted octanol–water partition coefficient (Wildman–Crippen LogP) is 0.0722. The van der Waals surface area contributed by atoms with Gasteiger partial charge in [0, 0.05) is 39.5 Å². The molecule has 31 heavy (non-hydrogen) atoms. The number of ether oxygens (including phenoxy) is 1. The zero-order valence-electron chi connectivity index (χ0n) is 17.4. The van der Waals surface area contributed by atoms with Gasteiger partial charge in [0.25, 0.3) is 5.56 Å². The molecule has 4 rings (SSSR count). The molecule has 10 nitrogen and oxygen atoms in total. The quantitative estimate of drug-likeness (QED) is 0.491. The fourth-order valence-electron chi connectivity index (χ4n) is 3.82. The number of morpholine rings is 1. The van der Waals surface area contributed by atoms with E-state index in [1.807, 2.05) is 18.2 Å². The lowest BCUT2D eigenvalue weighted by molar-refractivity contribution is -0.121. The van der Waals surface area contributed by atoms with E-state index in [-0.39, 0.29) is 29.5 Å². The van der Waals surface area contributed by atoms with Gasteiger partial charge in [0.1, 0.15) is 11.3 Å². The monoisotopic (exact) mass is 426 g/mol. The van der Waals surface area contributed by atoms with Gasteiger partial charge in [-0.2, -0.15) is 0 Å². The van der Waals surface area contributed by atoms with Crippen LogP contribution in [0.1, 0.15) is 23.9 Å². The molecule has 1 aromatic carbocycles. The van der Waals surface area contributed by atoms with Gasteiger partial charge in [0.05, 0.1) is 19.3 Å². The number of H-pyrrole nitrogens is 2. The molecule has 164 valence electrons. The molecule has 0 spiro atoms. The number of fused-ring (bicyclic) bond motifs is 1. The second kappa shape index (κ2) is 9.27. The van der Waals surface area contributed by atoms with E-state index in [4.69, 9.17) is 4.74 Å². The second-order valence-electron chi connectivity index (χ2n) is 7.58. The average molecular weight is 426 g/mol. The highest BCUT2D eigenvalue weighted by Crippen LogP contribution is 2.21. The Morgan fingerprint density at radius 3 is 2.68 bits per heavy atom. The molecule has 0 aliphatic carbocycles. The maximum absolute atomic E-state index is 12.5. The number of imidazole rings is 1. The zero-order chi connectivity index (χ0) is 21.8. The van der Waals surface area contributed by atoms with Crippen molar-refractivity contribution in [2.24, 2.45) is 7.05 Å². The van der Waals surface area contributed by atoms with Crippen LogP contribution >= 0.6 is 0 Å². The van der Waals surface area contributed by atoms with Crippen molar-refractivity contribution in [3.05, 3.63) is 62.6 Å². The molecule has 10 heteroatoms. The van der Waals surface area contributed by atoms with E-state index in [1.165, 1.54) is 11.6 Å². The molecule has 1 saturated heterocycles. The number of carbonyl (C=O) groups excluding carboxylic acids is 1. The van der Waals surface area contributed by atoms with Crippen molar-refractivity contribution in [3.63, 3.8) is 0 Å². The van der Waals surface area contributed by atoms with Crippen LogP contribution in [-0.4, -0.2) is 63.2 Å². The van der Waals surface area contributed by atoms with Crippen LogP contribution in [0.4, 0.5) is 0 Å². The first kappa shape index (κ1) is 21.0. The molecule has 1 atom stereocenters. The van der Waals surface area contributed by atoms with Crippen LogP contribution in [0.2, 0.25) is 0 Å². The van der Waals surface area contributed by atoms with Gasteiger partial charge in [-0.1, -0.05) is 30.3 Å². The molecule has 0 radical (unpaired) electrons. The summed E-state index contributed by atoms with van der Waals surface area (Å²) in [6.45, 7) is 3.51. The van der Waals surface area contributed by atoms with E-state index >= 15 is 0 Å². The third kappa shape index (κ3) is 4.75. The molecular formula is C21H26N6O4. The number of nitrogens with zero attached hydrogens (tertiary/aromatic N) is 3. The van der Waals surface area contributed by atoms with Crippen LogP contribution in [-0.2, 0) is 23.0 Å². The topological polar surface area (TPSA) is 125 Å². The first-order chi connectivity index (χ1) is 15.0. The number of benzene rings is 1. The molecule has 0 saturated carbocycles. The fraction of sp³-hybridized carbons (Fsp3) is 0.429. The second-order valence-corrected chi connectivity index (χ2v) is 7.58. The number of hydrogen-bond acceptors (Lipinski definition) is 6. The van der Waals surface area contributed by atoms with E-state index in [0.29, 0.717) is 32.0 Å². The molecule has 3 heterocycles. The fourth-order valence-corrected chi connectivity index (χ4v) is 3.82. The summed E-state index contributed by atoms with van der Waals surface area (Å²) in [6.07, 6.45) is 0.554. The van der Waals surface area contributed by atoms with Crippen molar-refractivity contribution in [3.8, 4) is 0 Å². The molecule has 1 aliphatic rings. The number of aromatic nitrogens is 4. The highest BCUT2D eigenvalue weighted by Gasteiger charge is 2.23. The summed E-state index contributed by atoms with van der Waals surface area (Å²) in [5.74, 6) is 0.391. The molecular weight excluding hydrogens is 400 g/mol. The van der Waals surface area contributed by atoms with E-state index in [0.717, 1.165) is 18.7 Å². The van der Waals surface area contributed by atoms with Crippen LogP contribution in [0.25, 0.3) is 11.2 Å². The highest BCUT2D eigenvalue weighted by atomic mass is 16.5. The van der Waals surface area contributed by atoms with Gasteiger partial charge >= 0.3 is 5.69 Å². The first-order valence-corrected chi connectivity index (χ1v) is 10.3. The largest absolute Gasteiger partial charge is 0.379 e. The van der Waals surface area contributed by atoms with Crippen LogP contribution in [0.15, 0.2) is 39.9 Å². The summed E-state index contributed by atoms with van der Waals surface area (Å²) < 4.78 is 6.73. The van der Waals surface area contributed by atoms with E-state index in [1.54, 1.807) is 0 Å². The summed E-state index contributed by atoms with van der Waals surface area (Å²) in [5, 5.41) is 3.03. The number of amides is 1. The predicted molar refractivity (Wildman–Crippen MR) is 115 cm³/mol. The molecule has 3 aromatic rings. The Bertz CT molecular complexity index is 1160. The summed E-state index contributed by atoms with van der Waals surface area (Å²) >= 11 is 0. The lowest BCUT2D eigenvalue weighted by Crippen LogP contribution is -2.43. The minimum Gasteiger partial charge on any atom is -0.379 e. The maximum Gasteiger partial charge on any atom is 0.329 e. The molecule has 1 aliphatic heterocycles. The van der Waals surface area contributed by atoms with Gasteiger partial charge in [-0.25, -0.2) is 9.78 Å². The van der Waals surface area contributed by atoms with Crippen LogP contribution in [0, 0.1) is 0 Å². The van der Waals surface area contributed by atoms with Crippen LogP contribution in [0.3, 0.4) is 0 Å². The number of nitrogens with one attached hydrogen (secondary N) is 3. The number of aryl methyl sites for hydroxylation is 2. The normalized spacial score (nSPS) is 15.8. The molecule has 1 amide bonds. The van der Waals surface area contributed by atoms with Crippen LogP contribution < -0.4 is 16.6 Å². The Morgan fingerprint density at radius 2 is 1.94 bits per heavy atom. The SMILES string of the molecule is Cn1c(=O)[nH]c(=O)c2[nH]c(CCC(=O)NCC(c3ccccc3)N3CCOCC3)nc21. The Balaban J connectivity index is 1.39. The lowest BCUT2D eigenvalue weighted by Gasteiger charge is -2.35. The standard InChI is InChI=1S/C21H26N6O4/c1-26-19-18(20(29)25-21(26)30)23-16(24-19)7-8-17(28)22-13-15(14-5-3-2-4-6-14)27-9-11-31-12-10-27/h2-6,15H,7-13H2,1H3,(H,22,28)(H,23,24)(H,25,29,30). The number of hydrogen-bond donors (Lipinski definition) is 3. The van der Waals surface area contributed by atoms with Crippen molar-refractivity contribution in [1.82, 2.24) is 29.7 Å². The van der Waals surface area contributed by atoms with Crippen molar-refractivity contribution >= 4 is 17.1 Å². The molecule has 0 bridgehead atoms. The molecule has 3 N–H and O–H groups in total. The molecule has 1 fully saturated rings. The maximum atomic E-state index is 12.5. The average Bonchev–Trinajstić information content (AvgIpc) is 3.23. The summed E-state index contributed by atoms with van der Waals surface area (Å²) in [5.41, 5.74) is 0.623. The Hall–Kier alpha value is -3.24. The Kier molecular flexibility index (Phi) is 6.28. The molecule has 2 aromatic heterocycles. The smallest absolute Gasteiger partial charge is 0.329 e. The minimum absolute atomic E-state index is 0.0772. The Morgan fingerprint density at radius 1 is 1.19 bits per heavy atom. The number of aromatic amines is 2. The first-order valence-electron chi connectivity index (χ1n) is 10.3. The van der Waals surface area contributed by atoms with Gasteiger partial charge in [-0.15, -0.1) is 0 Å². The number of carbonyl (C=O) groups is 1. The highest BCUT2D eigenvalue weighted by molar-refractivity contribution is 5.76. The summed E-state index contributed by atoms with van der Waals surface area (Å²) in [7, 11) is 1.54. The van der Waals surface area contributed by atoms with Gasteiger partial charge in [0.15, 0.2) is 5.65 Å². The molecule has 1 unspecified atom stereocenters. The summed E-state index contributed by atoms with van der Waals surface area (Å²) in [4.78, 5) is 47.9. The minimum atomic E-state index is -0.525. The van der Waals surface area contributed by atoms with E-state index in [9.17, 15) is 14.4 Å². The van der Waals surface area contributed by atoms with Gasteiger partial charge < -0.3 is 15.0 Å². The van der Waals surface area contributed by atoms with Crippen molar-refractivity contribution < 1.29 is 9.53 Å². The number of rotatable bonds is 7. The van der Waals surface area contributed by atoms with Crippen LogP contribution in [0.5, 0.6) is 0 Å². The summed E-state index contributed by atoms with van der Waals surface area (Å²) in [6, 6.07) is 10.2. The van der Waals surface area contributed by atoms with Gasteiger partial charge in [0.2, 0.25) is 5.91 Å². The van der Waals surface area contributed by atoms with Crippen molar-refractivity contribution in [1.29, 1.82) is 0 Å². The zero-order valence-corrected chi connectivity index (χ0v) is 17.4. The third-order valence-electron chi connectivity index (χ3n) is 5.56. The Labute approximate surface area is 178 Å².